The van der Waals surface area contributed by atoms with Gasteiger partial charge in [0.25, 0.3) is 5.22 Å². The molecule has 8 heteroatoms. The zero-order valence-corrected chi connectivity index (χ0v) is 15.8. The van der Waals surface area contributed by atoms with Gasteiger partial charge in [0.15, 0.2) is 0 Å². The quantitative estimate of drug-likeness (QED) is 0.675. The van der Waals surface area contributed by atoms with Gasteiger partial charge in [-0.25, -0.2) is 0 Å². The monoisotopic (exact) mass is 400 g/mol. The van der Waals surface area contributed by atoms with Crippen LogP contribution in [0.5, 0.6) is 0 Å². The van der Waals surface area contributed by atoms with Crippen LogP contribution < -0.4 is 10.6 Å². The van der Waals surface area contributed by atoms with Crippen molar-refractivity contribution in [2.75, 3.05) is 11.4 Å². The van der Waals surface area contributed by atoms with Gasteiger partial charge < -0.3 is 20.2 Å². The molecule has 1 unspecified atom stereocenters. The van der Waals surface area contributed by atoms with Gasteiger partial charge >= 0.3 is 0 Å². The van der Waals surface area contributed by atoms with Crippen LogP contribution in [-0.4, -0.2) is 28.0 Å². The Bertz CT molecular complexity index is 957. The summed E-state index contributed by atoms with van der Waals surface area (Å²) in [6, 6.07) is 15.1. The maximum Gasteiger partial charge on any atom is 0.281 e. The number of hydrogen-bond donors (Lipinski definition) is 2. The second-order valence-electron chi connectivity index (χ2n) is 6.05. The van der Waals surface area contributed by atoms with Crippen LogP contribution in [0.4, 0.5) is 5.69 Å². The third-order valence-electron chi connectivity index (χ3n) is 4.19. The van der Waals surface area contributed by atoms with Gasteiger partial charge in [-0.2, -0.15) is 0 Å². The molecule has 3 aromatic rings. The van der Waals surface area contributed by atoms with Crippen molar-refractivity contribution in [3.05, 3.63) is 70.2 Å². The fraction of sp³-hybridized carbons (Fsp3) is 0.158. The Morgan fingerprint density at radius 2 is 1.89 bits per heavy atom. The van der Waals surface area contributed by atoms with Crippen LogP contribution in [0, 0.1) is 0 Å². The average Bonchev–Trinajstić information content (AvgIpc) is 3.30. The van der Waals surface area contributed by atoms with Crippen LogP contribution in [-0.2, 0) is 6.54 Å². The zero-order valence-electron chi connectivity index (χ0n) is 14.2. The maximum atomic E-state index is 10.4. The van der Waals surface area contributed by atoms with E-state index < -0.39 is 6.10 Å². The normalized spacial score (nSPS) is 16.6. The van der Waals surface area contributed by atoms with Gasteiger partial charge in [0, 0.05) is 33.9 Å². The number of nitrogens with zero attached hydrogens (tertiary/aromatic N) is 3. The molecule has 1 atom stereocenters. The molecule has 4 rings (SSSR count). The number of thioether (sulfide) groups is 1. The van der Waals surface area contributed by atoms with Gasteiger partial charge in [-0.1, -0.05) is 23.7 Å². The number of aromatic nitrogens is 2. The van der Waals surface area contributed by atoms with Crippen LogP contribution in [0.2, 0.25) is 5.02 Å². The smallest absolute Gasteiger partial charge is 0.281 e. The third-order valence-corrected chi connectivity index (χ3v) is 5.39. The average molecular weight is 401 g/mol. The molecule has 0 fully saturated rings. The Morgan fingerprint density at radius 3 is 2.59 bits per heavy atom. The summed E-state index contributed by atoms with van der Waals surface area (Å²) in [5.74, 6) is 0.413. The standard InChI is InChI=1S/C19H17ClN4O2S/c20-14-5-3-13(4-6-14)18-22-23-19(26-18)27-17-11-24(10-16(17)25)15-7-1-12(9-21)2-8-15/h1-8,11,16,25H,9-10,21H2. The Kier molecular flexibility index (Phi) is 5.18. The largest absolute Gasteiger partial charge is 0.411 e. The van der Waals surface area contributed by atoms with E-state index in [0.717, 1.165) is 21.7 Å². The minimum Gasteiger partial charge on any atom is -0.411 e. The van der Waals surface area contributed by atoms with E-state index in [0.29, 0.717) is 29.2 Å². The zero-order chi connectivity index (χ0) is 18.8. The molecule has 0 aliphatic carbocycles. The molecule has 6 nitrogen and oxygen atoms in total. The third kappa shape index (κ3) is 4.01. The highest BCUT2D eigenvalue weighted by atomic mass is 35.5. The fourth-order valence-corrected chi connectivity index (χ4v) is 3.65. The summed E-state index contributed by atoms with van der Waals surface area (Å²) in [6.07, 6.45) is 1.29. The van der Waals surface area contributed by atoms with E-state index in [9.17, 15) is 5.11 Å². The number of rotatable bonds is 5. The van der Waals surface area contributed by atoms with Crippen molar-refractivity contribution in [2.45, 2.75) is 17.9 Å². The fourth-order valence-electron chi connectivity index (χ4n) is 2.73. The lowest BCUT2D eigenvalue weighted by molar-refractivity contribution is 0.235. The van der Waals surface area contributed by atoms with Gasteiger partial charge in [-0.05, 0) is 53.7 Å². The summed E-state index contributed by atoms with van der Waals surface area (Å²) in [4.78, 5) is 2.74. The summed E-state index contributed by atoms with van der Waals surface area (Å²) >= 11 is 7.17. The first-order chi connectivity index (χ1) is 13.1. The summed E-state index contributed by atoms with van der Waals surface area (Å²) in [5, 5.41) is 19.5. The molecular formula is C19H17ClN4O2S. The SMILES string of the molecule is NCc1ccc(N2C=C(Sc3nnc(-c4ccc(Cl)cc4)o3)C(O)C2)cc1. The van der Waals surface area contributed by atoms with Gasteiger partial charge in [-0.15, -0.1) is 10.2 Å². The van der Waals surface area contributed by atoms with Crippen molar-refractivity contribution < 1.29 is 9.52 Å². The molecule has 0 bridgehead atoms. The number of aliphatic hydroxyl groups excluding tert-OH is 1. The van der Waals surface area contributed by atoms with Gasteiger partial charge in [0.05, 0.1) is 6.54 Å². The molecule has 0 spiro atoms. The molecule has 1 aromatic heterocycles. The first-order valence-corrected chi connectivity index (χ1v) is 9.54. The van der Waals surface area contributed by atoms with Gasteiger partial charge in [0.2, 0.25) is 5.89 Å². The lowest BCUT2D eigenvalue weighted by atomic mass is 10.2. The summed E-state index contributed by atoms with van der Waals surface area (Å²) in [7, 11) is 0. The van der Waals surface area contributed by atoms with Gasteiger partial charge in [0.1, 0.15) is 6.10 Å². The highest BCUT2D eigenvalue weighted by Crippen LogP contribution is 2.35. The summed E-state index contributed by atoms with van der Waals surface area (Å²) in [5.41, 5.74) is 8.49. The molecule has 3 N–H and O–H groups in total. The minimum absolute atomic E-state index is 0.380. The molecule has 2 aromatic carbocycles. The van der Waals surface area contributed by atoms with Crippen LogP contribution in [0.15, 0.2) is 69.3 Å². The number of halogens is 1. The van der Waals surface area contributed by atoms with Crippen molar-refractivity contribution in [3.63, 3.8) is 0 Å². The molecule has 0 saturated heterocycles. The predicted molar refractivity (Wildman–Crippen MR) is 106 cm³/mol. The number of aliphatic hydroxyl groups is 1. The molecule has 0 saturated carbocycles. The van der Waals surface area contributed by atoms with E-state index in [2.05, 4.69) is 10.2 Å². The topological polar surface area (TPSA) is 88.4 Å². The molecule has 27 heavy (non-hydrogen) atoms. The van der Waals surface area contributed by atoms with Crippen molar-refractivity contribution >= 4 is 29.1 Å². The Hall–Kier alpha value is -2.32. The Labute approximate surface area is 165 Å². The van der Waals surface area contributed by atoms with Crippen molar-refractivity contribution in [2.24, 2.45) is 5.73 Å². The number of benzene rings is 2. The lowest BCUT2D eigenvalue weighted by Crippen LogP contribution is -2.20. The molecule has 0 radical (unpaired) electrons. The predicted octanol–water partition coefficient (Wildman–Crippen LogP) is 3.66. The lowest BCUT2D eigenvalue weighted by Gasteiger charge is -2.16. The molecule has 0 amide bonds. The van der Waals surface area contributed by atoms with E-state index in [1.165, 1.54) is 11.8 Å². The van der Waals surface area contributed by atoms with E-state index in [-0.39, 0.29) is 0 Å². The van der Waals surface area contributed by atoms with E-state index >= 15 is 0 Å². The van der Waals surface area contributed by atoms with Gasteiger partial charge in [-0.3, -0.25) is 0 Å². The highest BCUT2D eigenvalue weighted by Gasteiger charge is 2.26. The van der Waals surface area contributed by atoms with Crippen LogP contribution in [0.3, 0.4) is 0 Å². The molecule has 1 aliphatic rings. The minimum atomic E-state index is -0.616. The number of β-amino-alcohol motifs (C(OH)–C–C–N with tert-alkyl or cyclic N) is 1. The van der Waals surface area contributed by atoms with Crippen molar-refractivity contribution in [3.8, 4) is 11.5 Å². The summed E-state index contributed by atoms with van der Waals surface area (Å²) < 4.78 is 5.70. The van der Waals surface area contributed by atoms with Crippen LogP contribution in [0.25, 0.3) is 11.5 Å². The highest BCUT2D eigenvalue weighted by molar-refractivity contribution is 8.02. The second-order valence-corrected chi connectivity index (χ2v) is 7.51. The molecule has 2 heterocycles. The number of nitrogens with two attached hydrogens (primary N) is 1. The van der Waals surface area contributed by atoms with Crippen molar-refractivity contribution in [1.29, 1.82) is 0 Å². The van der Waals surface area contributed by atoms with E-state index in [1.54, 1.807) is 12.1 Å². The Balaban J connectivity index is 1.49. The van der Waals surface area contributed by atoms with Crippen molar-refractivity contribution in [1.82, 2.24) is 10.2 Å². The van der Waals surface area contributed by atoms with E-state index in [4.69, 9.17) is 21.8 Å². The van der Waals surface area contributed by atoms with Crippen LogP contribution in [0.1, 0.15) is 5.56 Å². The first kappa shape index (κ1) is 18.1. The first-order valence-electron chi connectivity index (χ1n) is 8.35. The molecule has 1 aliphatic heterocycles. The molecule has 138 valence electrons. The Morgan fingerprint density at radius 1 is 1.15 bits per heavy atom. The maximum absolute atomic E-state index is 10.4. The molecular weight excluding hydrogens is 384 g/mol. The van der Waals surface area contributed by atoms with E-state index in [1.807, 2.05) is 47.5 Å². The number of hydrogen-bond acceptors (Lipinski definition) is 7. The number of anilines is 1. The second kappa shape index (κ2) is 7.74. The van der Waals surface area contributed by atoms with Crippen LogP contribution >= 0.6 is 23.4 Å². The summed E-state index contributed by atoms with van der Waals surface area (Å²) in [6.45, 7) is 0.982.